The molecule has 2 aliphatic carbocycles. The van der Waals surface area contributed by atoms with Gasteiger partial charge >= 0.3 is 0 Å². The summed E-state index contributed by atoms with van der Waals surface area (Å²) < 4.78 is 14.1. The number of hydrogen-bond acceptors (Lipinski definition) is 5. The van der Waals surface area contributed by atoms with Crippen LogP contribution in [0.1, 0.15) is 74.3 Å². The summed E-state index contributed by atoms with van der Waals surface area (Å²) in [5.41, 5.74) is -0.427. The van der Waals surface area contributed by atoms with Gasteiger partial charge in [-0.05, 0) is 79.2 Å². The fraction of sp³-hybridized carbons (Fsp3) is 0.650. The van der Waals surface area contributed by atoms with Crippen molar-refractivity contribution < 1.29 is 23.5 Å². The summed E-state index contributed by atoms with van der Waals surface area (Å²) in [7, 11) is -4.78. The van der Waals surface area contributed by atoms with E-state index in [0.717, 1.165) is 11.1 Å². The summed E-state index contributed by atoms with van der Waals surface area (Å²) >= 11 is 0. The van der Waals surface area contributed by atoms with E-state index in [1.807, 2.05) is 38.1 Å². The van der Waals surface area contributed by atoms with Crippen LogP contribution in [0.3, 0.4) is 0 Å². The van der Waals surface area contributed by atoms with Gasteiger partial charge in [-0.2, -0.15) is 0 Å². The molecule has 2 N–H and O–H groups in total. The lowest BCUT2D eigenvalue weighted by Gasteiger charge is -2.55. The second-order valence-electron chi connectivity index (χ2n) is 18.1. The molecule has 2 fully saturated rings. The zero-order valence-corrected chi connectivity index (χ0v) is 33.9. The van der Waals surface area contributed by atoms with Crippen LogP contribution in [-0.2, 0) is 24.9 Å². The van der Waals surface area contributed by atoms with Gasteiger partial charge in [-0.25, -0.2) is 0 Å². The zero-order valence-electron chi connectivity index (χ0n) is 31.9. The lowest BCUT2D eigenvalue weighted by atomic mass is 9.51. The maximum atomic E-state index is 14.8. The standard InChI is InChI=1S/C40H63NO5Si2/c1-26-19-18-22-30-34(45-47(11,12)37(4,5)6)28(3)27(2)33-31(25-29-20-16-15-17-21-29)41-36(44)40(30,33)32(42)23-24-39(10,35(26)43)46-48(13,14)38(7,8)9/h15-18,20-24,26-27,30-34,42H,3,19,25H2,1-2,4-14H3,(H,41,44)/b22-18+,24-23+/t26?,27-,30+,31+,32+,33+,34-,39+,40-/m1/s1. The molecule has 48 heavy (non-hydrogen) atoms. The maximum Gasteiger partial charge on any atom is 0.230 e. The predicted octanol–water partition coefficient (Wildman–Crippen LogP) is 8.41. The molecule has 1 heterocycles. The van der Waals surface area contributed by atoms with Crippen LogP contribution in [0.25, 0.3) is 0 Å². The number of aliphatic hydroxyl groups is 1. The van der Waals surface area contributed by atoms with E-state index in [-0.39, 0.29) is 45.6 Å². The molecule has 8 heteroatoms. The van der Waals surface area contributed by atoms with Crippen molar-refractivity contribution in [3.63, 3.8) is 0 Å². The molecule has 9 atom stereocenters. The smallest absolute Gasteiger partial charge is 0.230 e. The van der Waals surface area contributed by atoms with Crippen molar-refractivity contribution in [2.24, 2.45) is 29.1 Å². The highest BCUT2D eigenvalue weighted by Crippen LogP contribution is 2.59. The van der Waals surface area contributed by atoms with Crippen LogP contribution in [0.5, 0.6) is 0 Å². The topological polar surface area (TPSA) is 84.9 Å². The summed E-state index contributed by atoms with van der Waals surface area (Å²) in [5, 5.41) is 15.8. The Balaban J connectivity index is 1.95. The number of aliphatic hydroxyl groups excluding tert-OH is 1. The highest BCUT2D eigenvalue weighted by molar-refractivity contribution is 6.74. The minimum Gasteiger partial charge on any atom is -0.410 e. The van der Waals surface area contributed by atoms with Gasteiger partial charge in [0, 0.05) is 23.8 Å². The average molecular weight is 694 g/mol. The lowest BCUT2D eigenvalue weighted by molar-refractivity contribution is -0.146. The Morgan fingerprint density at radius 1 is 0.958 bits per heavy atom. The van der Waals surface area contributed by atoms with E-state index in [1.165, 1.54) is 0 Å². The fourth-order valence-corrected chi connectivity index (χ4v) is 10.6. The molecule has 1 saturated heterocycles. The molecule has 1 aromatic rings. The van der Waals surface area contributed by atoms with Gasteiger partial charge in [-0.1, -0.05) is 111 Å². The Hall–Kier alpha value is -2.11. The number of Topliss-reactive ketones (excluding diaryl/α,β-unsaturated/α-hetero) is 1. The molecule has 6 nitrogen and oxygen atoms in total. The molecule has 1 spiro atoms. The molecule has 1 amide bonds. The number of carbonyl (C=O) groups excluding carboxylic acids is 2. The summed E-state index contributed by atoms with van der Waals surface area (Å²) in [6, 6.07) is 9.99. The van der Waals surface area contributed by atoms with Gasteiger partial charge in [-0.15, -0.1) is 0 Å². The van der Waals surface area contributed by atoms with Crippen molar-refractivity contribution in [1.82, 2.24) is 5.32 Å². The third kappa shape index (κ3) is 6.81. The maximum absolute atomic E-state index is 14.8. The van der Waals surface area contributed by atoms with Crippen LogP contribution in [0.2, 0.25) is 36.3 Å². The minimum atomic E-state index is -2.42. The summed E-state index contributed by atoms with van der Waals surface area (Å²) in [6.45, 7) is 32.5. The first-order valence-corrected chi connectivity index (χ1v) is 23.7. The van der Waals surface area contributed by atoms with Crippen molar-refractivity contribution in [3.8, 4) is 0 Å². The largest absolute Gasteiger partial charge is 0.410 e. The molecule has 1 aromatic carbocycles. The monoisotopic (exact) mass is 693 g/mol. The Kier molecular flexibility index (Phi) is 10.7. The van der Waals surface area contributed by atoms with E-state index < -0.39 is 45.8 Å². The number of hydrogen-bond donors (Lipinski definition) is 2. The Morgan fingerprint density at radius 3 is 2.10 bits per heavy atom. The Bertz CT molecular complexity index is 1440. The fourth-order valence-electron chi connectivity index (χ4n) is 7.76. The molecular weight excluding hydrogens is 631 g/mol. The van der Waals surface area contributed by atoms with Gasteiger partial charge in [0.1, 0.15) is 5.60 Å². The number of carbonyl (C=O) groups is 2. The van der Waals surface area contributed by atoms with Crippen molar-refractivity contribution in [1.29, 1.82) is 0 Å². The normalized spacial score (nSPS) is 36.5. The minimum absolute atomic E-state index is 0.0241. The van der Waals surface area contributed by atoms with Crippen LogP contribution in [0.15, 0.2) is 66.8 Å². The van der Waals surface area contributed by atoms with Gasteiger partial charge in [0.15, 0.2) is 22.4 Å². The third-order valence-electron chi connectivity index (χ3n) is 12.7. The van der Waals surface area contributed by atoms with E-state index in [1.54, 1.807) is 12.2 Å². The molecule has 0 radical (unpaired) electrons. The first kappa shape index (κ1) is 38.7. The number of allylic oxidation sites excluding steroid dienone is 1. The van der Waals surface area contributed by atoms with Crippen molar-refractivity contribution in [2.75, 3.05) is 0 Å². The molecule has 0 bridgehead atoms. The molecule has 1 unspecified atom stereocenters. The van der Waals surface area contributed by atoms with Crippen LogP contribution >= 0.6 is 0 Å². The van der Waals surface area contributed by atoms with Crippen molar-refractivity contribution in [2.45, 2.75) is 135 Å². The van der Waals surface area contributed by atoms with Gasteiger partial charge < -0.3 is 19.3 Å². The predicted molar refractivity (Wildman–Crippen MR) is 202 cm³/mol. The zero-order chi connectivity index (χ0) is 36.3. The number of amides is 1. The lowest BCUT2D eigenvalue weighted by Crippen LogP contribution is -2.62. The molecule has 4 rings (SSSR count). The molecule has 266 valence electrons. The molecule has 3 aliphatic rings. The van der Waals surface area contributed by atoms with E-state index in [4.69, 9.17) is 8.85 Å². The van der Waals surface area contributed by atoms with Gasteiger partial charge in [0.2, 0.25) is 5.91 Å². The molecular formula is C40H63NO5Si2. The van der Waals surface area contributed by atoms with Crippen molar-refractivity contribution in [3.05, 3.63) is 72.4 Å². The van der Waals surface area contributed by atoms with Crippen LogP contribution in [0, 0.1) is 29.1 Å². The van der Waals surface area contributed by atoms with Crippen molar-refractivity contribution >= 4 is 28.3 Å². The van der Waals surface area contributed by atoms with Gasteiger partial charge in [0.05, 0.1) is 17.6 Å². The quantitative estimate of drug-likeness (QED) is 0.231. The Morgan fingerprint density at radius 2 is 1.54 bits per heavy atom. The SMILES string of the molecule is C=C1[C@@H](C)[C@H]2[C@H](Cc3ccccc3)NC(=O)[C@]23[C@@H](O)/C=C/[C@](C)(O[Si](C)(C)C(C)(C)C)C(=O)C(C)C/C=C/[C@H]3[C@@H]1O[Si](C)(C)C(C)(C)C. The average Bonchev–Trinajstić information content (AvgIpc) is 3.25. The molecule has 1 aliphatic heterocycles. The van der Waals surface area contributed by atoms with E-state index in [2.05, 4.69) is 105 Å². The molecule has 0 aromatic heterocycles. The summed E-state index contributed by atoms with van der Waals surface area (Å²) in [4.78, 5) is 29.1. The van der Waals surface area contributed by atoms with Gasteiger partial charge in [-0.3, -0.25) is 9.59 Å². The van der Waals surface area contributed by atoms with Crippen LogP contribution < -0.4 is 5.32 Å². The van der Waals surface area contributed by atoms with E-state index in [9.17, 15) is 14.7 Å². The number of nitrogens with one attached hydrogen (secondary N) is 1. The van der Waals surface area contributed by atoms with E-state index in [0.29, 0.717) is 12.8 Å². The third-order valence-corrected chi connectivity index (χ3v) is 21.7. The van der Waals surface area contributed by atoms with E-state index >= 15 is 0 Å². The highest BCUT2D eigenvalue weighted by Gasteiger charge is 2.68. The number of rotatable bonds is 6. The van der Waals surface area contributed by atoms with Gasteiger partial charge in [0.25, 0.3) is 0 Å². The van der Waals surface area contributed by atoms with Crippen LogP contribution in [0.4, 0.5) is 0 Å². The first-order valence-electron chi connectivity index (χ1n) is 17.9. The van der Waals surface area contributed by atoms with Crippen LogP contribution in [-0.4, -0.2) is 57.3 Å². The second kappa shape index (κ2) is 13.2. The number of ketones is 1. The first-order chi connectivity index (χ1) is 21.9. The molecule has 1 saturated carbocycles. The Labute approximate surface area is 293 Å². The summed E-state index contributed by atoms with van der Waals surface area (Å²) in [5.74, 6) is -1.42. The summed E-state index contributed by atoms with van der Waals surface area (Å²) in [6.07, 6.45) is 7.03. The second-order valence-corrected chi connectivity index (χ2v) is 27.6. The highest BCUT2D eigenvalue weighted by atomic mass is 28.4. The number of benzene rings is 1.